The zero-order chi connectivity index (χ0) is 21.3. The summed E-state index contributed by atoms with van der Waals surface area (Å²) in [6, 6.07) is 4.71. The molecule has 2 unspecified atom stereocenters. The molecule has 3 heterocycles. The monoisotopic (exact) mass is 430 g/mol. The second kappa shape index (κ2) is 8.51. The molecular weight excluding hydrogens is 407 g/mol. The first-order valence-electron chi connectivity index (χ1n) is 9.98. The predicted octanol–water partition coefficient (Wildman–Crippen LogP) is 2.82. The Morgan fingerprint density at radius 2 is 2.10 bits per heavy atom. The molecular formula is C21H23FN4O3S. The highest BCUT2D eigenvalue weighted by Gasteiger charge is 2.39. The van der Waals surface area contributed by atoms with Gasteiger partial charge in [0.05, 0.1) is 17.5 Å². The second-order valence-electron chi connectivity index (χ2n) is 7.81. The lowest BCUT2D eigenvalue weighted by Crippen LogP contribution is -2.46. The number of hydrogen-bond acceptors (Lipinski definition) is 5. The van der Waals surface area contributed by atoms with Gasteiger partial charge in [0.2, 0.25) is 17.7 Å². The molecule has 3 amide bonds. The topological polar surface area (TPSA) is 82.6 Å². The molecule has 2 aliphatic heterocycles. The van der Waals surface area contributed by atoms with Gasteiger partial charge < -0.3 is 15.1 Å². The third-order valence-corrected chi connectivity index (χ3v) is 6.32. The third-order valence-electron chi connectivity index (χ3n) is 5.63. The first kappa shape index (κ1) is 20.5. The van der Waals surface area contributed by atoms with Crippen molar-refractivity contribution in [3.05, 3.63) is 41.2 Å². The van der Waals surface area contributed by atoms with Gasteiger partial charge in [-0.05, 0) is 37.5 Å². The molecule has 1 N–H and O–H groups in total. The molecule has 0 aliphatic carbocycles. The number of piperidine rings is 1. The largest absolute Gasteiger partial charge is 0.342 e. The van der Waals surface area contributed by atoms with Crippen LogP contribution in [0, 0.1) is 24.6 Å². The van der Waals surface area contributed by atoms with Crippen LogP contribution in [-0.2, 0) is 14.4 Å². The Labute approximate surface area is 177 Å². The zero-order valence-corrected chi connectivity index (χ0v) is 17.5. The number of carbonyl (C=O) groups is 3. The lowest BCUT2D eigenvalue weighted by molar-refractivity contribution is -0.138. The van der Waals surface area contributed by atoms with E-state index in [9.17, 15) is 18.8 Å². The average Bonchev–Trinajstić information content (AvgIpc) is 3.37. The van der Waals surface area contributed by atoms with E-state index in [0.29, 0.717) is 24.6 Å². The van der Waals surface area contributed by atoms with Gasteiger partial charge in [-0.3, -0.25) is 14.4 Å². The number of nitrogens with zero attached hydrogens (tertiary/aromatic N) is 3. The average molecular weight is 431 g/mol. The standard InChI is InChI=1S/C21H23FN4O3S/c1-13-4-5-17(16(22)9-13)26-12-15(10-18(26)27)20(29)25-7-2-3-14(11-25)19(28)24-21-23-6-8-30-21/h4-6,8-9,14-15H,2-3,7,10-12H2,1H3,(H,23,24,28). The van der Waals surface area contributed by atoms with Crippen LogP contribution in [-0.4, -0.2) is 47.2 Å². The summed E-state index contributed by atoms with van der Waals surface area (Å²) in [6.07, 6.45) is 3.10. The van der Waals surface area contributed by atoms with Crippen LogP contribution in [0.3, 0.4) is 0 Å². The lowest BCUT2D eigenvalue weighted by atomic mass is 9.95. The molecule has 1 aromatic heterocycles. The van der Waals surface area contributed by atoms with E-state index >= 15 is 0 Å². The number of aromatic nitrogens is 1. The summed E-state index contributed by atoms with van der Waals surface area (Å²) in [5.74, 6) is -1.86. The van der Waals surface area contributed by atoms with Crippen LogP contribution in [0.4, 0.5) is 15.2 Å². The highest BCUT2D eigenvalue weighted by atomic mass is 32.1. The molecule has 0 saturated carbocycles. The molecule has 7 nitrogen and oxygen atoms in total. The maximum Gasteiger partial charge on any atom is 0.231 e. The number of hydrogen-bond donors (Lipinski definition) is 1. The first-order valence-corrected chi connectivity index (χ1v) is 10.9. The van der Waals surface area contributed by atoms with Crippen molar-refractivity contribution >= 4 is 39.9 Å². The number of benzene rings is 1. The molecule has 158 valence electrons. The Kier molecular flexibility index (Phi) is 5.80. The number of halogens is 1. The smallest absolute Gasteiger partial charge is 0.231 e. The summed E-state index contributed by atoms with van der Waals surface area (Å²) in [5, 5.41) is 5.12. The molecule has 2 atom stereocenters. The van der Waals surface area contributed by atoms with E-state index in [2.05, 4.69) is 10.3 Å². The molecule has 2 saturated heterocycles. The summed E-state index contributed by atoms with van der Waals surface area (Å²) < 4.78 is 14.3. The van der Waals surface area contributed by atoms with Gasteiger partial charge in [0.25, 0.3) is 0 Å². The molecule has 2 aromatic rings. The molecule has 9 heteroatoms. The van der Waals surface area contributed by atoms with E-state index in [1.54, 1.807) is 35.5 Å². The van der Waals surface area contributed by atoms with E-state index in [1.807, 2.05) is 0 Å². The van der Waals surface area contributed by atoms with E-state index in [4.69, 9.17) is 0 Å². The van der Waals surface area contributed by atoms with Crippen molar-refractivity contribution in [2.75, 3.05) is 29.9 Å². The lowest BCUT2D eigenvalue weighted by Gasteiger charge is -2.33. The maximum absolute atomic E-state index is 14.3. The Bertz CT molecular complexity index is 965. The number of aryl methyl sites for hydroxylation is 1. The van der Waals surface area contributed by atoms with Gasteiger partial charge in [-0.1, -0.05) is 6.07 Å². The van der Waals surface area contributed by atoms with Gasteiger partial charge in [0.15, 0.2) is 5.13 Å². The molecule has 1 aromatic carbocycles. The van der Waals surface area contributed by atoms with E-state index in [0.717, 1.165) is 12.0 Å². The first-order chi connectivity index (χ1) is 14.4. The van der Waals surface area contributed by atoms with Crippen LogP contribution in [0.25, 0.3) is 0 Å². The Morgan fingerprint density at radius 3 is 2.83 bits per heavy atom. The van der Waals surface area contributed by atoms with Gasteiger partial charge in [-0.2, -0.15) is 0 Å². The predicted molar refractivity (Wildman–Crippen MR) is 112 cm³/mol. The summed E-state index contributed by atoms with van der Waals surface area (Å²) in [4.78, 5) is 45.1. The summed E-state index contributed by atoms with van der Waals surface area (Å²) in [6.45, 7) is 2.82. The van der Waals surface area contributed by atoms with Crippen LogP contribution in [0.2, 0.25) is 0 Å². The second-order valence-corrected chi connectivity index (χ2v) is 8.70. The van der Waals surface area contributed by atoms with Crippen molar-refractivity contribution in [1.82, 2.24) is 9.88 Å². The molecule has 0 spiro atoms. The van der Waals surface area contributed by atoms with Crippen LogP contribution < -0.4 is 10.2 Å². The fourth-order valence-corrected chi connectivity index (χ4v) is 4.61. The fourth-order valence-electron chi connectivity index (χ4n) is 4.08. The van der Waals surface area contributed by atoms with E-state index in [-0.39, 0.29) is 42.3 Å². The minimum Gasteiger partial charge on any atom is -0.342 e. The van der Waals surface area contributed by atoms with Gasteiger partial charge >= 0.3 is 0 Å². The summed E-state index contributed by atoms with van der Waals surface area (Å²) in [7, 11) is 0. The van der Waals surface area contributed by atoms with Crippen LogP contribution >= 0.6 is 11.3 Å². The Morgan fingerprint density at radius 1 is 1.27 bits per heavy atom. The molecule has 0 bridgehead atoms. The summed E-state index contributed by atoms with van der Waals surface area (Å²) in [5.41, 5.74) is 0.978. The third kappa shape index (κ3) is 4.21. The quantitative estimate of drug-likeness (QED) is 0.809. The molecule has 30 heavy (non-hydrogen) atoms. The Hall–Kier alpha value is -2.81. The van der Waals surface area contributed by atoms with E-state index in [1.165, 1.54) is 22.3 Å². The number of rotatable bonds is 4. The van der Waals surface area contributed by atoms with Crippen molar-refractivity contribution < 1.29 is 18.8 Å². The number of anilines is 2. The van der Waals surface area contributed by atoms with E-state index < -0.39 is 11.7 Å². The van der Waals surface area contributed by atoms with Crippen LogP contribution in [0.1, 0.15) is 24.8 Å². The van der Waals surface area contributed by atoms with Crippen molar-refractivity contribution in [2.45, 2.75) is 26.2 Å². The normalized spacial score (nSPS) is 21.7. The summed E-state index contributed by atoms with van der Waals surface area (Å²) >= 11 is 1.35. The van der Waals surface area contributed by atoms with Crippen molar-refractivity contribution in [3.8, 4) is 0 Å². The van der Waals surface area contributed by atoms with Crippen LogP contribution in [0.5, 0.6) is 0 Å². The fraction of sp³-hybridized carbons (Fsp3) is 0.429. The SMILES string of the molecule is Cc1ccc(N2CC(C(=O)N3CCCC(C(=O)Nc4nccs4)C3)CC2=O)c(F)c1. The maximum atomic E-state index is 14.3. The van der Waals surface area contributed by atoms with Gasteiger partial charge in [-0.25, -0.2) is 9.37 Å². The molecule has 4 rings (SSSR count). The van der Waals surface area contributed by atoms with Crippen molar-refractivity contribution in [3.63, 3.8) is 0 Å². The van der Waals surface area contributed by atoms with Crippen molar-refractivity contribution in [1.29, 1.82) is 0 Å². The molecule has 2 fully saturated rings. The van der Waals surface area contributed by atoms with Crippen molar-refractivity contribution in [2.24, 2.45) is 11.8 Å². The Balaban J connectivity index is 1.40. The van der Waals surface area contributed by atoms with Gasteiger partial charge in [0.1, 0.15) is 5.82 Å². The number of amides is 3. The minimum absolute atomic E-state index is 0.0542. The highest BCUT2D eigenvalue weighted by Crippen LogP contribution is 2.30. The number of thiazole rings is 1. The zero-order valence-electron chi connectivity index (χ0n) is 16.6. The number of likely N-dealkylation sites (tertiary alicyclic amines) is 1. The van der Waals surface area contributed by atoms with Crippen LogP contribution in [0.15, 0.2) is 29.8 Å². The molecule has 2 aliphatic rings. The number of nitrogens with one attached hydrogen (secondary N) is 1. The number of carbonyl (C=O) groups excluding carboxylic acids is 3. The minimum atomic E-state index is -0.529. The highest BCUT2D eigenvalue weighted by molar-refractivity contribution is 7.13. The van der Waals surface area contributed by atoms with Gasteiger partial charge in [-0.15, -0.1) is 11.3 Å². The van der Waals surface area contributed by atoms with Gasteiger partial charge in [0, 0.05) is 37.6 Å². The molecule has 0 radical (unpaired) electrons.